The van der Waals surface area contributed by atoms with Crippen LogP contribution in [0.2, 0.25) is 0 Å². The van der Waals surface area contributed by atoms with Gasteiger partial charge in [-0.25, -0.2) is 4.79 Å². The van der Waals surface area contributed by atoms with Crippen molar-refractivity contribution in [3.63, 3.8) is 0 Å². The average molecular weight is 325 g/mol. The zero-order valence-electron chi connectivity index (χ0n) is 12.1. The van der Waals surface area contributed by atoms with Gasteiger partial charge in [-0.05, 0) is 23.8 Å². The van der Waals surface area contributed by atoms with Crippen molar-refractivity contribution in [2.24, 2.45) is 0 Å². The van der Waals surface area contributed by atoms with Crippen LogP contribution >= 0.6 is 0 Å². The Bertz CT molecular complexity index is 970. The van der Waals surface area contributed by atoms with E-state index in [0.717, 1.165) is 16.7 Å². The topological polar surface area (TPSA) is 131 Å². The molecule has 0 unspecified atom stereocenters. The summed E-state index contributed by atoms with van der Waals surface area (Å²) in [6.45, 7) is 0. The fourth-order valence-electron chi connectivity index (χ4n) is 2.45. The number of nitrogens with two attached hydrogens (primary N) is 1. The first-order valence-electron chi connectivity index (χ1n) is 6.81. The number of hydrogen-bond donors (Lipinski definition) is 3. The molecule has 0 spiro atoms. The van der Waals surface area contributed by atoms with E-state index in [1.54, 1.807) is 24.3 Å². The third-order valence-electron chi connectivity index (χ3n) is 3.52. The van der Waals surface area contributed by atoms with E-state index < -0.39 is 23.3 Å². The van der Waals surface area contributed by atoms with Gasteiger partial charge in [0, 0.05) is 12.1 Å². The summed E-state index contributed by atoms with van der Waals surface area (Å²) >= 11 is 0. The Morgan fingerprint density at radius 1 is 1.12 bits per heavy atom. The van der Waals surface area contributed by atoms with Crippen LogP contribution in [0.1, 0.15) is 26.3 Å². The zero-order valence-corrected chi connectivity index (χ0v) is 12.1. The van der Waals surface area contributed by atoms with Gasteiger partial charge in [-0.2, -0.15) is 0 Å². The van der Waals surface area contributed by atoms with Crippen LogP contribution in [0, 0.1) is 0 Å². The monoisotopic (exact) mass is 325 g/mol. The van der Waals surface area contributed by atoms with E-state index in [1.165, 1.54) is 6.08 Å². The van der Waals surface area contributed by atoms with Gasteiger partial charge in [0.15, 0.2) is 0 Å². The predicted molar refractivity (Wildman–Crippen MR) is 84.9 cm³/mol. The third-order valence-corrected chi connectivity index (χ3v) is 3.52. The van der Waals surface area contributed by atoms with Gasteiger partial charge in [-0.1, -0.05) is 12.1 Å². The van der Waals surface area contributed by atoms with E-state index in [-0.39, 0.29) is 16.9 Å². The number of amides is 2. The number of fused-ring (bicyclic) bond motifs is 1. The first-order chi connectivity index (χ1) is 11.4. The summed E-state index contributed by atoms with van der Waals surface area (Å²) in [5.41, 5.74) is 6.29. The van der Waals surface area contributed by atoms with Crippen molar-refractivity contribution in [3.8, 4) is 5.69 Å². The maximum atomic E-state index is 12.3. The van der Waals surface area contributed by atoms with Crippen LogP contribution in [0.15, 0.2) is 41.2 Å². The van der Waals surface area contributed by atoms with Gasteiger partial charge in [-0.3, -0.25) is 24.3 Å². The molecule has 8 nitrogen and oxygen atoms in total. The molecule has 24 heavy (non-hydrogen) atoms. The number of imide groups is 1. The second-order valence-electron chi connectivity index (χ2n) is 5.04. The Kier molecular flexibility index (Phi) is 3.49. The van der Waals surface area contributed by atoms with E-state index in [9.17, 15) is 19.2 Å². The lowest BCUT2D eigenvalue weighted by atomic mass is 10.1. The Morgan fingerprint density at radius 2 is 1.79 bits per heavy atom. The number of carboxylic acid groups (broad SMARTS) is 1. The number of carbonyl (C=O) groups excluding carboxylic acids is 2. The highest BCUT2D eigenvalue weighted by atomic mass is 16.4. The summed E-state index contributed by atoms with van der Waals surface area (Å²) in [5.74, 6) is -2.51. The van der Waals surface area contributed by atoms with Crippen molar-refractivity contribution in [1.29, 1.82) is 0 Å². The van der Waals surface area contributed by atoms with Crippen LogP contribution in [0.5, 0.6) is 0 Å². The lowest BCUT2D eigenvalue weighted by Gasteiger charge is -2.12. The molecule has 0 atom stereocenters. The molecule has 120 valence electrons. The van der Waals surface area contributed by atoms with Crippen LogP contribution in [-0.2, 0) is 4.79 Å². The number of aromatic nitrogens is 1. The van der Waals surface area contributed by atoms with Gasteiger partial charge in [0.1, 0.15) is 5.82 Å². The Morgan fingerprint density at radius 3 is 2.42 bits per heavy atom. The fraction of sp³-hybridized carbons (Fsp3) is 0. The van der Waals surface area contributed by atoms with E-state index in [4.69, 9.17) is 10.8 Å². The molecule has 2 heterocycles. The van der Waals surface area contributed by atoms with Crippen LogP contribution < -0.4 is 16.6 Å². The van der Waals surface area contributed by atoms with Crippen molar-refractivity contribution < 1.29 is 19.5 Å². The van der Waals surface area contributed by atoms with Crippen molar-refractivity contribution in [2.75, 3.05) is 5.73 Å². The van der Waals surface area contributed by atoms with Gasteiger partial charge in [0.05, 0.1) is 16.8 Å². The zero-order chi connectivity index (χ0) is 17.4. The van der Waals surface area contributed by atoms with Gasteiger partial charge in [0.2, 0.25) is 0 Å². The molecule has 8 heteroatoms. The largest absolute Gasteiger partial charge is 0.478 e. The van der Waals surface area contributed by atoms with E-state index in [0.29, 0.717) is 11.3 Å². The van der Waals surface area contributed by atoms with E-state index >= 15 is 0 Å². The molecule has 4 N–H and O–H groups in total. The summed E-state index contributed by atoms with van der Waals surface area (Å²) in [7, 11) is 0. The first kappa shape index (κ1) is 15.2. The van der Waals surface area contributed by atoms with Crippen molar-refractivity contribution in [1.82, 2.24) is 9.88 Å². The summed E-state index contributed by atoms with van der Waals surface area (Å²) in [6.07, 6.45) is 2.38. The molecular weight excluding hydrogens is 314 g/mol. The normalized spacial score (nSPS) is 13.2. The molecule has 1 aliphatic heterocycles. The molecule has 0 bridgehead atoms. The standard InChI is InChI=1S/C16H11N3O5/c17-14-13-10(15(23)18-16(13)24)7-11(20)19(14)9-4-1-8(2-5-9)3-6-12(21)22/h1-7H,17H2,(H,21,22)(H,18,23,24). The average Bonchev–Trinajstić information content (AvgIpc) is 2.80. The Balaban J connectivity index is 2.09. The summed E-state index contributed by atoms with van der Waals surface area (Å²) in [4.78, 5) is 46.2. The summed E-state index contributed by atoms with van der Waals surface area (Å²) in [5, 5.41) is 10.7. The molecule has 3 rings (SSSR count). The second kappa shape index (κ2) is 5.51. The van der Waals surface area contributed by atoms with Gasteiger partial charge < -0.3 is 10.8 Å². The Hall–Kier alpha value is -3.68. The van der Waals surface area contributed by atoms with Crippen molar-refractivity contribution in [2.45, 2.75) is 0 Å². The highest BCUT2D eigenvalue weighted by molar-refractivity contribution is 6.23. The highest BCUT2D eigenvalue weighted by Gasteiger charge is 2.31. The number of hydrogen-bond acceptors (Lipinski definition) is 5. The first-order valence-corrected chi connectivity index (χ1v) is 6.81. The third kappa shape index (κ3) is 2.45. The molecule has 0 aliphatic carbocycles. The second-order valence-corrected chi connectivity index (χ2v) is 5.04. The van der Waals surface area contributed by atoms with Crippen molar-refractivity contribution >= 4 is 29.7 Å². The summed E-state index contributed by atoms with van der Waals surface area (Å²) < 4.78 is 1.11. The SMILES string of the molecule is Nc1c2c(cc(=O)n1-c1ccc(C=CC(=O)O)cc1)C(=O)NC2=O. The minimum atomic E-state index is -1.08. The van der Waals surface area contributed by atoms with Crippen molar-refractivity contribution in [3.05, 3.63) is 63.5 Å². The smallest absolute Gasteiger partial charge is 0.328 e. The molecule has 0 saturated heterocycles. The molecule has 2 aromatic rings. The number of pyridine rings is 1. The predicted octanol–water partition coefficient (Wildman–Crippen LogP) is 0.401. The number of aliphatic carboxylic acids is 1. The van der Waals surface area contributed by atoms with Crippen LogP contribution in [0.25, 0.3) is 11.8 Å². The van der Waals surface area contributed by atoms with E-state index in [2.05, 4.69) is 5.32 Å². The van der Waals surface area contributed by atoms with Crippen LogP contribution in [0.4, 0.5) is 5.82 Å². The number of rotatable bonds is 3. The minimum Gasteiger partial charge on any atom is -0.478 e. The molecule has 2 amide bonds. The Labute approximate surface area is 134 Å². The maximum Gasteiger partial charge on any atom is 0.328 e. The number of nitrogens with one attached hydrogen (secondary N) is 1. The molecular formula is C16H11N3O5. The number of nitrogen functional groups attached to an aromatic ring is 1. The molecule has 1 aromatic heterocycles. The fourth-order valence-corrected chi connectivity index (χ4v) is 2.45. The molecule has 1 aliphatic rings. The lowest BCUT2D eigenvalue weighted by molar-refractivity contribution is -0.131. The number of nitrogens with zero attached hydrogens (tertiary/aromatic N) is 1. The van der Waals surface area contributed by atoms with Gasteiger partial charge >= 0.3 is 5.97 Å². The number of carboxylic acids is 1. The maximum absolute atomic E-state index is 12.3. The van der Waals surface area contributed by atoms with Gasteiger partial charge in [-0.15, -0.1) is 0 Å². The van der Waals surface area contributed by atoms with E-state index in [1.807, 2.05) is 0 Å². The highest BCUT2D eigenvalue weighted by Crippen LogP contribution is 2.23. The number of carbonyl (C=O) groups is 3. The minimum absolute atomic E-state index is 0.0329. The molecule has 0 fully saturated rings. The number of anilines is 1. The van der Waals surface area contributed by atoms with Gasteiger partial charge in [0.25, 0.3) is 17.4 Å². The lowest BCUT2D eigenvalue weighted by Crippen LogP contribution is -2.24. The molecule has 1 aromatic carbocycles. The van der Waals surface area contributed by atoms with Crippen LogP contribution in [-0.4, -0.2) is 27.5 Å². The van der Waals surface area contributed by atoms with Crippen LogP contribution in [0.3, 0.4) is 0 Å². The quantitative estimate of drug-likeness (QED) is 0.553. The molecule has 0 radical (unpaired) electrons. The number of benzene rings is 1. The summed E-state index contributed by atoms with van der Waals surface area (Å²) in [6, 6.07) is 7.36. The molecule has 0 saturated carbocycles.